The molecule has 0 amide bonds. The number of hydrogen-bond donors (Lipinski definition) is 2. The molecule has 0 radical (unpaired) electrons. The minimum absolute atomic E-state index is 0.0185. The minimum Gasteiger partial charge on any atom is -0.387 e. The highest BCUT2D eigenvalue weighted by Gasteiger charge is 2.66. The number of Topliss-reactive ketones (excluding diaryl/α,β-unsaturated/α-hetero) is 2. The molecule has 0 aromatic carbocycles. The van der Waals surface area contributed by atoms with E-state index in [4.69, 9.17) is 4.74 Å². The zero-order valence-corrected chi connectivity index (χ0v) is 22.8. The Kier molecular flexibility index (Phi) is 5.66. The van der Waals surface area contributed by atoms with Gasteiger partial charge in [-0.05, 0) is 86.4 Å². The molecule has 1 saturated heterocycles. The average molecular weight is 487 g/mol. The molecular formula is C30H46O5. The number of carbonyl (C=O) groups is 2. The highest BCUT2D eigenvalue weighted by Crippen LogP contribution is 2.73. The summed E-state index contributed by atoms with van der Waals surface area (Å²) >= 11 is 0. The van der Waals surface area contributed by atoms with E-state index in [0.717, 1.165) is 38.5 Å². The first-order valence-corrected chi connectivity index (χ1v) is 13.9. The van der Waals surface area contributed by atoms with Gasteiger partial charge in [0.15, 0.2) is 12.1 Å². The van der Waals surface area contributed by atoms with E-state index in [1.54, 1.807) is 19.4 Å². The van der Waals surface area contributed by atoms with Gasteiger partial charge < -0.3 is 14.9 Å². The van der Waals surface area contributed by atoms with E-state index >= 15 is 0 Å². The number of fused-ring (bicyclic) bond motifs is 5. The van der Waals surface area contributed by atoms with Crippen LogP contribution >= 0.6 is 0 Å². The first-order chi connectivity index (χ1) is 16.1. The van der Waals surface area contributed by atoms with Gasteiger partial charge >= 0.3 is 0 Å². The third-order valence-electron chi connectivity index (χ3n) is 12.2. The molecule has 196 valence electrons. The molecule has 1 heterocycles. The lowest BCUT2D eigenvalue weighted by atomic mass is 9.41. The van der Waals surface area contributed by atoms with E-state index in [0.29, 0.717) is 24.0 Å². The lowest BCUT2D eigenvalue weighted by molar-refractivity contribution is -0.238. The Morgan fingerprint density at radius 3 is 2.37 bits per heavy atom. The number of ether oxygens (including phenoxy) is 1. The Morgan fingerprint density at radius 1 is 1.03 bits per heavy atom. The molecular weight excluding hydrogens is 440 g/mol. The molecule has 1 aliphatic heterocycles. The molecule has 5 aliphatic rings. The summed E-state index contributed by atoms with van der Waals surface area (Å²) in [5.41, 5.74) is 0.169. The van der Waals surface area contributed by atoms with Crippen molar-refractivity contribution in [2.45, 2.75) is 118 Å². The molecule has 3 saturated carbocycles. The fraction of sp³-hybridized carbons (Fsp3) is 0.867. The SMILES string of the molecule is CC(C)(O)[C@H]1O[C@H](O)[C@@H]([C@@H]2CC[C@]3(C)C4=CC[C@H]5C(C)(C)C(=O)CC[C@]5(C)[C@H]4CC[C@@]23C)CC1=O. The lowest BCUT2D eigenvalue weighted by Gasteiger charge is -2.63. The van der Waals surface area contributed by atoms with Crippen LogP contribution < -0.4 is 0 Å². The van der Waals surface area contributed by atoms with Gasteiger partial charge in [-0.2, -0.15) is 0 Å². The Hall–Kier alpha value is -1.04. The topological polar surface area (TPSA) is 83.8 Å². The zero-order valence-electron chi connectivity index (χ0n) is 22.8. The van der Waals surface area contributed by atoms with Crippen molar-refractivity contribution in [1.29, 1.82) is 0 Å². The summed E-state index contributed by atoms with van der Waals surface area (Å²) < 4.78 is 5.78. The molecule has 0 spiro atoms. The third-order valence-corrected chi connectivity index (χ3v) is 12.2. The number of hydrogen-bond acceptors (Lipinski definition) is 5. The largest absolute Gasteiger partial charge is 0.387 e. The number of aliphatic hydroxyl groups is 2. The van der Waals surface area contributed by atoms with Gasteiger partial charge in [0.25, 0.3) is 0 Å². The number of rotatable bonds is 2. The fourth-order valence-electron chi connectivity index (χ4n) is 9.90. The van der Waals surface area contributed by atoms with Gasteiger partial charge in [0.05, 0.1) is 5.60 Å². The van der Waals surface area contributed by atoms with Crippen LogP contribution in [-0.4, -0.2) is 39.8 Å². The van der Waals surface area contributed by atoms with Crippen LogP contribution in [0.4, 0.5) is 0 Å². The van der Waals surface area contributed by atoms with Crippen molar-refractivity contribution in [3.05, 3.63) is 11.6 Å². The smallest absolute Gasteiger partial charge is 0.165 e. The first kappa shape index (κ1) is 25.6. The van der Waals surface area contributed by atoms with Crippen molar-refractivity contribution in [3.63, 3.8) is 0 Å². The molecule has 0 aromatic heterocycles. The molecule has 0 aromatic rings. The van der Waals surface area contributed by atoms with Crippen molar-refractivity contribution in [3.8, 4) is 0 Å². The number of aliphatic hydroxyl groups excluding tert-OH is 1. The molecule has 0 bridgehead atoms. The summed E-state index contributed by atoms with van der Waals surface area (Å²) in [4.78, 5) is 25.8. The monoisotopic (exact) mass is 486 g/mol. The first-order valence-electron chi connectivity index (χ1n) is 13.9. The van der Waals surface area contributed by atoms with Crippen molar-refractivity contribution in [1.82, 2.24) is 0 Å². The van der Waals surface area contributed by atoms with Crippen LogP contribution in [0.3, 0.4) is 0 Å². The van der Waals surface area contributed by atoms with Crippen LogP contribution in [0.1, 0.15) is 99.8 Å². The van der Waals surface area contributed by atoms with Crippen LogP contribution in [0, 0.1) is 45.3 Å². The fourth-order valence-corrected chi connectivity index (χ4v) is 9.90. The molecule has 0 unspecified atom stereocenters. The molecule has 9 atom stereocenters. The molecule has 35 heavy (non-hydrogen) atoms. The third kappa shape index (κ3) is 3.36. The standard InChI is InChI=1S/C30H46O5/c1-26(2)22-9-8-20-19(28(22,5)13-12-23(26)32)11-15-29(6)18(10-14-30(20,29)7)17-16-21(31)24(27(3,4)34)35-25(17)33/h8,17-19,22,24-25,33-34H,9-16H2,1-7H3/t17-,18+,19+,22+,24+,25+,28-,29+,30-/m1/s1. The lowest BCUT2D eigenvalue weighted by Crippen LogP contribution is -2.58. The number of carbonyl (C=O) groups excluding carboxylic acids is 2. The van der Waals surface area contributed by atoms with E-state index in [-0.39, 0.29) is 45.7 Å². The molecule has 5 heteroatoms. The van der Waals surface area contributed by atoms with Gasteiger partial charge in [0, 0.05) is 24.2 Å². The Balaban J connectivity index is 1.46. The van der Waals surface area contributed by atoms with E-state index in [1.165, 1.54) is 0 Å². The summed E-state index contributed by atoms with van der Waals surface area (Å²) in [6, 6.07) is 0. The van der Waals surface area contributed by atoms with E-state index in [2.05, 4.69) is 40.7 Å². The van der Waals surface area contributed by atoms with E-state index < -0.39 is 18.0 Å². The molecule has 5 nitrogen and oxygen atoms in total. The minimum atomic E-state index is -1.30. The Labute approximate surface area is 211 Å². The predicted molar refractivity (Wildman–Crippen MR) is 134 cm³/mol. The van der Waals surface area contributed by atoms with Crippen LogP contribution in [-0.2, 0) is 14.3 Å². The van der Waals surface area contributed by atoms with Gasteiger partial charge in [0.2, 0.25) is 0 Å². The van der Waals surface area contributed by atoms with Gasteiger partial charge in [0.1, 0.15) is 11.9 Å². The van der Waals surface area contributed by atoms with Gasteiger partial charge in [-0.25, -0.2) is 0 Å². The predicted octanol–water partition coefficient (Wildman–Crippen LogP) is 5.22. The summed E-state index contributed by atoms with van der Waals surface area (Å²) in [5, 5.41) is 21.4. The maximum Gasteiger partial charge on any atom is 0.165 e. The molecule has 5 rings (SSSR count). The van der Waals surface area contributed by atoms with Crippen molar-refractivity contribution >= 4 is 11.6 Å². The second kappa shape index (κ2) is 7.74. The molecule has 2 N–H and O–H groups in total. The van der Waals surface area contributed by atoms with Crippen LogP contribution in [0.25, 0.3) is 0 Å². The molecule has 4 fully saturated rings. The van der Waals surface area contributed by atoms with Gasteiger partial charge in [-0.1, -0.05) is 46.3 Å². The summed E-state index contributed by atoms with van der Waals surface area (Å²) in [6.07, 6.45) is 7.63. The average Bonchev–Trinajstić information content (AvgIpc) is 3.03. The summed E-state index contributed by atoms with van der Waals surface area (Å²) in [6.45, 7) is 14.8. The van der Waals surface area contributed by atoms with E-state index in [1.807, 2.05) is 0 Å². The Morgan fingerprint density at radius 2 is 1.71 bits per heavy atom. The van der Waals surface area contributed by atoms with Crippen LogP contribution in [0.15, 0.2) is 11.6 Å². The normalized spacial score (nSPS) is 49.7. The summed E-state index contributed by atoms with van der Waals surface area (Å²) in [7, 11) is 0. The van der Waals surface area contributed by atoms with Crippen molar-refractivity contribution in [2.24, 2.45) is 45.3 Å². The second-order valence-electron chi connectivity index (χ2n) is 14.5. The highest BCUT2D eigenvalue weighted by atomic mass is 16.6. The van der Waals surface area contributed by atoms with Crippen molar-refractivity contribution in [2.75, 3.05) is 0 Å². The maximum absolute atomic E-state index is 13.0. The number of ketones is 2. The molecule has 4 aliphatic carbocycles. The number of allylic oxidation sites excluding steroid dienone is 2. The van der Waals surface area contributed by atoms with E-state index in [9.17, 15) is 19.8 Å². The van der Waals surface area contributed by atoms with Gasteiger partial charge in [-0.3, -0.25) is 9.59 Å². The van der Waals surface area contributed by atoms with Crippen LogP contribution in [0.5, 0.6) is 0 Å². The summed E-state index contributed by atoms with van der Waals surface area (Å²) in [5.74, 6) is 1.18. The zero-order chi connectivity index (χ0) is 25.8. The quantitative estimate of drug-likeness (QED) is 0.523. The second-order valence-corrected chi connectivity index (χ2v) is 14.5. The van der Waals surface area contributed by atoms with Crippen molar-refractivity contribution < 1.29 is 24.5 Å². The Bertz CT molecular complexity index is 958. The maximum atomic E-state index is 13.0. The van der Waals surface area contributed by atoms with Gasteiger partial charge in [-0.15, -0.1) is 0 Å². The van der Waals surface area contributed by atoms with Crippen LogP contribution in [0.2, 0.25) is 0 Å². The highest BCUT2D eigenvalue weighted by molar-refractivity contribution is 5.86.